The molecule has 2 N–H and O–H groups in total. The predicted octanol–water partition coefficient (Wildman–Crippen LogP) is 4.26. The van der Waals surface area contributed by atoms with Gasteiger partial charge in [-0.05, 0) is 77.2 Å². The Kier molecular flexibility index (Phi) is 5.87. The van der Waals surface area contributed by atoms with Gasteiger partial charge in [-0.2, -0.15) is 0 Å². The molecule has 0 saturated carbocycles. The maximum Gasteiger partial charge on any atom is 0.407 e. The van der Waals surface area contributed by atoms with Gasteiger partial charge < -0.3 is 19.9 Å². The van der Waals surface area contributed by atoms with Crippen molar-refractivity contribution in [2.75, 3.05) is 26.2 Å². The molecule has 3 rings (SSSR count). The van der Waals surface area contributed by atoms with Crippen molar-refractivity contribution >= 4 is 17.0 Å². The molecule has 2 aromatic rings. The third-order valence-corrected chi connectivity index (χ3v) is 4.97. The van der Waals surface area contributed by atoms with Crippen LogP contribution >= 0.6 is 0 Å². The van der Waals surface area contributed by atoms with E-state index in [2.05, 4.69) is 45.7 Å². The summed E-state index contributed by atoms with van der Waals surface area (Å²) in [6.07, 6.45) is 5.21. The molecule has 5 nitrogen and oxygen atoms in total. The van der Waals surface area contributed by atoms with Gasteiger partial charge in [0, 0.05) is 23.6 Å². The normalized spacial score (nSPS) is 16.7. The fourth-order valence-electron chi connectivity index (χ4n) is 3.71. The average molecular weight is 357 g/mol. The van der Waals surface area contributed by atoms with Crippen LogP contribution in [0.1, 0.15) is 51.5 Å². The Hall–Kier alpha value is -2.01. The zero-order valence-corrected chi connectivity index (χ0v) is 16.2. The molecule has 5 heteroatoms. The van der Waals surface area contributed by atoms with Crippen LogP contribution in [-0.2, 0) is 4.74 Å². The van der Waals surface area contributed by atoms with Crippen molar-refractivity contribution in [3.63, 3.8) is 0 Å². The van der Waals surface area contributed by atoms with Gasteiger partial charge >= 0.3 is 6.09 Å². The molecule has 1 aromatic heterocycles. The summed E-state index contributed by atoms with van der Waals surface area (Å²) in [7, 11) is 0. The first kappa shape index (κ1) is 18.8. The molecule has 1 amide bonds. The van der Waals surface area contributed by atoms with Gasteiger partial charge in [-0.25, -0.2) is 4.79 Å². The number of rotatable bonds is 5. The Morgan fingerprint density at radius 1 is 1.27 bits per heavy atom. The SMILES string of the molecule is CC(C)(C)OC(=O)NCCCN1CCC(c2c[nH]c3ccccc23)CC1. The summed E-state index contributed by atoms with van der Waals surface area (Å²) >= 11 is 0. The Balaban J connectivity index is 1.38. The van der Waals surface area contributed by atoms with Crippen molar-refractivity contribution in [3.8, 4) is 0 Å². The molecule has 1 aliphatic heterocycles. The summed E-state index contributed by atoms with van der Waals surface area (Å²) < 4.78 is 5.25. The Morgan fingerprint density at radius 3 is 2.73 bits per heavy atom. The van der Waals surface area contributed by atoms with Gasteiger partial charge in [0.25, 0.3) is 0 Å². The maximum absolute atomic E-state index is 11.6. The molecule has 1 fully saturated rings. The van der Waals surface area contributed by atoms with E-state index in [1.807, 2.05) is 20.8 Å². The van der Waals surface area contributed by atoms with Crippen molar-refractivity contribution in [1.82, 2.24) is 15.2 Å². The van der Waals surface area contributed by atoms with Crippen molar-refractivity contribution < 1.29 is 9.53 Å². The van der Waals surface area contributed by atoms with Crippen LogP contribution in [0.5, 0.6) is 0 Å². The molecule has 142 valence electrons. The first-order valence-corrected chi connectivity index (χ1v) is 9.67. The lowest BCUT2D eigenvalue weighted by molar-refractivity contribution is 0.0525. The van der Waals surface area contributed by atoms with Crippen LogP contribution in [0.15, 0.2) is 30.5 Å². The van der Waals surface area contributed by atoms with E-state index in [1.165, 1.54) is 29.3 Å². The average Bonchev–Trinajstić information content (AvgIpc) is 3.02. The highest BCUT2D eigenvalue weighted by Crippen LogP contribution is 2.32. The van der Waals surface area contributed by atoms with E-state index < -0.39 is 5.60 Å². The van der Waals surface area contributed by atoms with Crippen molar-refractivity contribution in [2.45, 2.75) is 51.6 Å². The second-order valence-electron chi connectivity index (χ2n) is 8.19. The zero-order valence-electron chi connectivity index (χ0n) is 16.2. The standard InChI is InChI=1S/C21H31N3O2/c1-21(2,3)26-20(25)22-11-6-12-24-13-9-16(10-14-24)18-15-23-19-8-5-4-7-17(18)19/h4-5,7-8,15-16,23H,6,9-14H2,1-3H3,(H,22,25). The molecule has 1 aliphatic rings. The molecule has 0 bridgehead atoms. The number of benzene rings is 1. The predicted molar refractivity (Wildman–Crippen MR) is 106 cm³/mol. The molecule has 1 saturated heterocycles. The lowest BCUT2D eigenvalue weighted by atomic mass is 9.89. The zero-order chi connectivity index (χ0) is 18.6. The van der Waals surface area contributed by atoms with Gasteiger partial charge in [0.1, 0.15) is 5.60 Å². The number of nitrogens with zero attached hydrogens (tertiary/aromatic N) is 1. The van der Waals surface area contributed by atoms with Crippen LogP contribution in [-0.4, -0.2) is 47.8 Å². The van der Waals surface area contributed by atoms with Gasteiger partial charge in [-0.15, -0.1) is 0 Å². The van der Waals surface area contributed by atoms with E-state index in [0.29, 0.717) is 12.5 Å². The molecule has 1 aromatic carbocycles. The Morgan fingerprint density at radius 2 is 2.00 bits per heavy atom. The first-order chi connectivity index (χ1) is 12.4. The molecule has 26 heavy (non-hydrogen) atoms. The number of likely N-dealkylation sites (tertiary alicyclic amines) is 1. The minimum absolute atomic E-state index is 0.324. The molecule has 0 radical (unpaired) electrons. The van der Waals surface area contributed by atoms with Crippen LogP contribution in [0.3, 0.4) is 0 Å². The minimum atomic E-state index is -0.436. The molecule has 0 aliphatic carbocycles. The van der Waals surface area contributed by atoms with Crippen LogP contribution in [0.2, 0.25) is 0 Å². The number of aromatic nitrogens is 1. The molecular formula is C21H31N3O2. The number of hydrogen-bond acceptors (Lipinski definition) is 3. The van der Waals surface area contributed by atoms with Crippen molar-refractivity contribution in [3.05, 3.63) is 36.0 Å². The number of alkyl carbamates (subject to hydrolysis) is 1. The quantitative estimate of drug-likeness (QED) is 0.786. The summed E-state index contributed by atoms with van der Waals surface area (Å²) in [4.78, 5) is 17.5. The van der Waals surface area contributed by atoms with Crippen molar-refractivity contribution in [2.24, 2.45) is 0 Å². The number of amides is 1. The van der Waals surface area contributed by atoms with Crippen LogP contribution in [0.25, 0.3) is 10.9 Å². The number of piperidine rings is 1. The van der Waals surface area contributed by atoms with Gasteiger partial charge in [0.05, 0.1) is 0 Å². The van der Waals surface area contributed by atoms with E-state index in [-0.39, 0.29) is 6.09 Å². The number of H-pyrrole nitrogens is 1. The van der Waals surface area contributed by atoms with E-state index in [0.717, 1.165) is 26.1 Å². The lowest BCUT2D eigenvalue weighted by Gasteiger charge is -2.32. The van der Waals surface area contributed by atoms with Crippen molar-refractivity contribution in [1.29, 1.82) is 0 Å². The topological polar surface area (TPSA) is 57.4 Å². The maximum atomic E-state index is 11.6. The van der Waals surface area contributed by atoms with Gasteiger partial charge in [0.15, 0.2) is 0 Å². The summed E-state index contributed by atoms with van der Waals surface area (Å²) in [5, 5.41) is 4.21. The summed E-state index contributed by atoms with van der Waals surface area (Å²) in [5.74, 6) is 0.641. The fourth-order valence-corrected chi connectivity index (χ4v) is 3.71. The van der Waals surface area contributed by atoms with E-state index >= 15 is 0 Å². The number of carbonyl (C=O) groups excluding carboxylic acids is 1. The second kappa shape index (κ2) is 8.12. The number of para-hydroxylation sites is 1. The monoisotopic (exact) mass is 357 g/mol. The smallest absolute Gasteiger partial charge is 0.407 e. The molecule has 0 atom stereocenters. The van der Waals surface area contributed by atoms with Crippen LogP contribution in [0.4, 0.5) is 4.79 Å². The summed E-state index contributed by atoms with van der Waals surface area (Å²) in [6.45, 7) is 9.57. The largest absolute Gasteiger partial charge is 0.444 e. The highest BCUT2D eigenvalue weighted by atomic mass is 16.6. The molecular weight excluding hydrogens is 326 g/mol. The number of carbonyl (C=O) groups is 1. The summed E-state index contributed by atoms with van der Waals surface area (Å²) in [5.41, 5.74) is 2.26. The minimum Gasteiger partial charge on any atom is -0.444 e. The number of ether oxygens (including phenoxy) is 1. The highest BCUT2D eigenvalue weighted by molar-refractivity contribution is 5.83. The second-order valence-corrected chi connectivity index (χ2v) is 8.19. The lowest BCUT2D eigenvalue weighted by Crippen LogP contribution is -2.36. The Labute approximate surface area is 156 Å². The molecule has 2 heterocycles. The van der Waals surface area contributed by atoms with Gasteiger partial charge in [-0.3, -0.25) is 0 Å². The summed E-state index contributed by atoms with van der Waals surface area (Å²) in [6, 6.07) is 8.56. The van der Waals surface area contributed by atoms with Gasteiger partial charge in [-0.1, -0.05) is 18.2 Å². The van der Waals surface area contributed by atoms with E-state index in [9.17, 15) is 4.79 Å². The van der Waals surface area contributed by atoms with Crippen LogP contribution in [0, 0.1) is 0 Å². The fraction of sp³-hybridized carbons (Fsp3) is 0.571. The highest BCUT2D eigenvalue weighted by Gasteiger charge is 2.22. The van der Waals surface area contributed by atoms with Crippen LogP contribution < -0.4 is 5.32 Å². The Bertz CT molecular complexity index is 724. The first-order valence-electron chi connectivity index (χ1n) is 9.67. The number of fused-ring (bicyclic) bond motifs is 1. The third kappa shape index (κ3) is 5.01. The number of nitrogens with one attached hydrogen (secondary N) is 2. The third-order valence-electron chi connectivity index (χ3n) is 4.97. The van der Waals surface area contributed by atoms with Gasteiger partial charge in [0.2, 0.25) is 0 Å². The number of hydrogen-bond donors (Lipinski definition) is 2. The number of aromatic amines is 1. The molecule has 0 spiro atoms. The molecule has 0 unspecified atom stereocenters. The van der Waals surface area contributed by atoms with E-state index in [1.54, 1.807) is 0 Å². The van der Waals surface area contributed by atoms with E-state index in [4.69, 9.17) is 4.74 Å².